The first-order valence-electron chi connectivity index (χ1n) is 12.2. The third-order valence-corrected chi connectivity index (χ3v) is 7.18. The first-order chi connectivity index (χ1) is 18.5. The molecule has 1 aromatic heterocycles. The molecule has 3 aromatic carbocycles. The number of nitrogens with zero attached hydrogens (tertiary/aromatic N) is 2. The van der Waals surface area contributed by atoms with E-state index >= 15 is 0 Å². The predicted octanol–water partition coefficient (Wildman–Crippen LogP) is 4.28. The van der Waals surface area contributed by atoms with Crippen molar-refractivity contribution in [3.63, 3.8) is 0 Å². The van der Waals surface area contributed by atoms with E-state index in [1.807, 2.05) is 91.9 Å². The molecule has 0 saturated carbocycles. The first kappa shape index (κ1) is 25.2. The van der Waals surface area contributed by atoms with Crippen LogP contribution in [0.25, 0.3) is 6.08 Å². The second-order valence-corrected chi connectivity index (χ2v) is 9.69. The molecule has 0 radical (unpaired) electrons. The predicted molar refractivity (Wildman–Crippen MR) is 149 cm³/mol. The van der Waals surface area contributed by atoms with Gasteiger partial charge in [-0.15, -0.1) is 0 Å². The van der Waals surface area contributed by atoms with E-state index in [0.29, 0.717) is 38.6 Å². The summed E-state index contributed by atoms with van der Waals surface area (Å²) in [5.41, 5.74) is 3.05. The number of benzene rings is 3. The maximum Gasteiger partial charge on any atom is 0.271 e. The van der Waals surface area contributed by atoms with Crippen LogP contribution in [0.2, 0.25) is 0 Å². The van der Waals surface area contributed by atoms with Crippen molar-refractivity contribution in [2.24, 2.45) is 4.99 Å². The molecule has 0 saturated heterocycles. The van der Waals surface area contributed by atoms with E-state index in [4.69, 9.17) is 14.5 Å². The zero-order valence-electron chi connectivity index (χ0n) is 21.3. The summed E-state index contributed by atoms with van der Waals surface area (Å²) >= 11 is 1.30. The smallest absolute Gasteiger partial charge is 0.271 e. The molecule has 0 aliphatic carbocycles. The van der Waals surface area contributed by atoms with Crippen LogP contribution in [0.15, 0.2) is 99.9 Å². The number of carbonyl (C=O) groups excluding carboxylic acids is 1. The molecule has 1 aliphatic rings. The number of hydrogen-bond acceptors (Lipinski definition) is 6. The van der Waals surface area contributed by atoms with Crippen molar-refractivity contribution >= 4 is 29.0 Å². The largest absolute Gasteiger partial charge is 0.497 e. The molecule has 1 amide bonds. The minimum atomic E-state index is -0.655. The third kappa shape index (κ3) is 5.03. The van der Waals surface area contributed by atoms with E-state index in [-0.39, 0.29) is 11.5 Å². The Bertz CT molecular complexity index is 1690. The summed E-state index contributed by atoms with van der Waals surface area (Å²) in [5.74, 6) is 1.12. The number of anilines is 1. The fourth-order valence-corrected chi connectivity index (χ4v) is 5.49. The van der Waals surface area contributed by atoms with Gasteiger partial charge in [0.2, 0.25) is 0 Å². The van der Waals surface area contributed by atoms with Gasteiger partial charge in [-0.05, 0) is 67.4 Å². The molecule has 5 rings (SSSR count). The van der Waals surface area contributed by atoms with Crippen LogP contribution in [-0.2, 0) is 4.79 Å². The second kappa shape index (κ2) is 10.9. The molecule has 0 spiro atoms. The second-order valence-electron chi connectivity index (χ2n) is 8.68. The summed E-state index contributed by atoms with van der Waals surface area (Å²) in [6, 6.07) is 23.6. The van der Waals surface area contributed by atoms with Crippen molar-refractivity contribution in [2.75, 3.05) is 19.0 Å². The van der Waals surface area contributed by atoms with E-state index in [0.717, 1.165) is 16.9 Å². The monoisotopic (exact) mass is 525 g/mol. The number of nitrogens with one attached hydrogen (secondary N) is 1. The van der Waals surface area contributed by atoms with Gasteiger partial charge >= 0.3 is 0 Å². The van der Waals surface area contributed by atoms with E-state index < -0.39 is 6.04 Å². The molecule has 4 aromatic rings. The molecule has 0 fully saturated rings. The normalized spacial score (nSPS) is 15.0. The number of aromatic nitrogens is 1. The number of thiazole rings is 1. The highest BCUT2D eigenvalue weighted by Crippen LogP contribution is 2.31. The van der Waals surface area contributed by atoms with Gasteiger partial charge in [-0.2, -0.15) is 0 Å². The minimum absolute atomic E-state index is 0.215. The molecule has 0 unspecified atom stereocenters. The number of rotatable bonds is 7. The number of ether oxygens (including phenoxy) is 2. The molecule has 0 bridgehead atoms. The zero-order chi connectivity index (χ0) is 26.6. The van der Waals surface area contributed by atoms with E-state index in [1.54, 1.807) is 18.6 Å². The highest BCUT2D eigenvalue weighted by molar-refractivity contribution is 7.07. The topological polar surface area (TPSA) is 81.9 Å². The molecule has 1 aliphatic heterocycles. The Morgan fingerprint density at radius 3 is 2.53 bits per heavy atom. The zero-order valence-corrected chi connectivity index (χ0v) is 22.1. The molecule has 38 heavy (non-hydrogen) atoms. The van der Waals surface area contributed by atoms with Crippen LogP contribution in [-0.4, -0.2) is 24.2 Å². The van der Waals surface area contributed by atoms with Crippen LogP contribution in [0.1, 0.15) is 31.0 Å². The fourth-order valence-electron chi connectivity index (χ4n) is 4.44. The van der Waals surface area contributed by atoms with Gasteiger partial charge in [-0.3, -0.25) is 14.2 Å². The number of methoxy groups -OCH3 is 1. The lowest BCUT2D eigenvalue weighted by Gasteiger charge is -2.25. The summed E-state index contributed by atoms with van der Waals surface area (Å²) in [5, 5.41) is 2.97. The van der Waals surface area contributed by atoms with Crippen molar-refractivity contribution in [3.8, 4) is 11.5 Å². The minimum Gasteiger partial charge on any atom is -0.497 e. The standard InChI is InChI=1S/C30H27N3O4S/c1-4-37-23-15-13-21(14-16-23)27-26(28(34)32-22-10-6-5-7-11-22)19(2)31-30-33(27)29(35)25(38-30)18-20-9-8-12-24(17-20)36-3/h5-18,27H,4H2,1-3H3,(H,32,34)/b25-18+/t27-/m1/s1. The van der Waals surface area contributed by atoms with Gasteiger partial charge in [0.05, 0.1) is 35.6 Å². The van der Waals surface area contributed by atoms with Crippen LogP contribution >= 0.6 is 11.3 Å². The maximum absolute atomic E-state index is 13.8. The summed E-state index contributed by atoms with van der Waals surface area (Å²) in [4.78, 5) is 32.7. The number of fused-ring (bicyclic) bond motifs is 1. The van der Waals surface area contributed by atoms with Crippen LogP contribution in [0.3, 0.4) is 0 Å². The highest BCUT2D eigenvalue weighted by Gasteiger charge is 2.32. The Kier molecular flexibility index (Phi) is 7.24. The molecule has 2 heterocycles. The Balaban J connectivity index is 1.65. The molecule has 8 heteroatoms. The van der Waals surface area contributed by atoms with Crippen molar-refractivity contribution in [3.05, 3.63) is 121 Å². The average Bonchev–Trinajstić information content (AvgIpc) is 3.23. The summed E-state index contributed by atoms with van der Waals surface area (Å²) in [6.07, 6.45) is 1.82. The van der Waals surface area contributed by atoms with Gasteiger partial charge in [0.25, 0.3) is 11.5 Å². The molecule has 1 N–H and O–H groups in total. The van der Waals surface area contributed by atoms with Crippen molar-refractivity contribution in [1.82, 2.24) is 4.57 Å². The summed E-state index contributed by atoms with van der Waals surface area (Å²) in [6.45, 7) is 4.27. The number of para-hydroxylation sites is 1. The summed E-state index contributed by atoms with van der Waals surface area (Å²) in [7, 11) is 1.61. The molecule has 7 nitrogen and oxygen atoms in total. The van der Waals surface area contributed by atoms with Gasteiger partial charge < -0.3 is 14.8 Å². The average molecular weight is 526 g/mol. The lowest BCUT2D eigenvalue weighted by molar-refractivity contribution is -0.113. The lowest BCUT2D eigenvalue weighted by atomic mass is 9.95. The maximum atomic E-state index is 13.8. The molecule has 1 atom stereocenters. The first-order valence-corrected chi connectivity index (χ1v) is 13.1. The fraction of sp³-hybridized carbons (Fsp3) is 0.167. The Labute approximate surface area is 224 Å². The van der Waals surface area contributed by atoms with Crippen LogP contribution < -0.4 is 29.7 Å². The van der Waals surface area contributed by atoms with E-state index in [1.165, 1.54) is 11.3 Å². The van der Waals surface area contributed by atoms with Crippen LogP contribution in [0.5, 0.6) is 11.5 Å². The van der Waals surface area contributed by atoms with Crippen LogP contribution in [0.4, 0.5) is 5.69 Å². The Morgan fingerprint density at radius 2 is 1.82 bits per heavy atom. The van der Waals surface area contributed by atoms with Gasteiger partial charge in [-0.25, -0.2) is 4.99 Å². The van der Waals surface area contributed by atoms with Gasteiger partial charge in [0.1, 0.15) is 11.5 Å². The number of hydrogen-bond donors (Lipinski definition) is 1. The van der Waals surface area contributed by atoms with Crippen molar-refractivity contribution < 1.29 is 14.3 Å². The summed E-state index contributed by atoms with van der Waals surface area (Å²) < 4.78 is 13.1. The van der Waals surface area contributed by atoms with E-state index in [9.17, 15) is 9.59 Å². The Hall–Kier alpha value is -4.43. The van der Waals surface area contributed by atoms with Crippen molar-refractivity contribution in [1.29, 1.82) is 0 Å². The third-order valence-electron chi connectivity index (χ3n) is 6.20. The quantitative estimate of drug-likeness (QED) is 0.391. The van der Waals surface area contributed by atoms with Crippen LogP contribution in [0, 0.1) is 0 Å². The highest BCUT2D eigenvalue weighted by atomic mass is 32.1. The van der Waals surface area contributed by atoms with Gasteiger partial charge in [-0.1, -0.05) is 53.8 Å². The van der Waals surface area contributed by atoms with E-state index in [2.05, 4.69) is 5.32 Å². The number of allylic oxidation sites excluding steroid dienone is 1. The van der Waals surface area contributed by atoms with Gasteiger partial charge in [0.15, 0.2) is 4.80 Å². The Morgan fingerprint density at radius 1 is 1.05 bits per heavy atom. The van der Waals surface area contributed by atoms with Gasteiger partial charge in [0, 0.05) is 5.69 Å². The molecular weight excluding hydrogens is 498 g/mol. The lowest BCUT2D eigenvalue weighted by Crippen LogP contribution is -2.40. The number of carbonyl (C=O) groups is 1. The molecular formula is C30H27N3O4S. The SMILES string of the molecule is CCOc1ccc([C@@H]2C(C(=O)Nc3ccccc3)=C(C)N=c3s/c(=C/c4cccc(OC)c4)c(=O)n32)cc1. The van der Waals surface area contributed by atoms with Crippen molar-refractivity contribution in [2.45, 2.75) is 19.9 Å². The molecule has 192 valence electrons. The number of amides is 1.